The predicted molar refractivity (Wildman–Crippen MR) is 154 cm³/mol. The molecule has 11 nitrogen and oxygen atoms in total. The first-order valence-corrected chi connectivity index (χ1v) is 13.0. The smallest absolute Gasteiger partial charge is 0.411 e. The number of benzene rings is 2. The van der Waals surface area contributed by atoms with Gasteiger partial charge in [-0.2, -0.15) is 10.1 Å². The number of hydrogen-bond donors (Lipinski definition) is 3. The Morgan fingerprint density at radius 3 is 2.44 bits per heavy atom. The largest absolute Gasteiger partial charge is 0.472 e. The summed E-state index contributed by atoms with van der Waals surface area (Å²) in [7, 11) is 0. The van der Waals surface area contributed by atoms with Crippen molar-refractivity contribution in [1.29, 1.82) is 0 Å². The fourth-order valence-electron chi connectivity index (χ4n) is 4.14. The molecule has 210 valence electrons. The molecule has 0 aliphatic rings. The number of carbonyl (C=O) groups is 1. The third kappa shape index (κ3) is 5.86. The van der Waals surface area contributed by atoms with Crippen LogP contribution in [0.1, 0.15) is 31.0 Å². The van der Waals surface area contributed by atoms with Crippen LogP contribution in [0.2, 0.25) is 0 Å². The van der Waals surface area contributed by atoms with Gasteiger partial charge in [0.2, 0.25) is 5.88 Å². The van der Waals surface area contributed by atoms with Gasteiger partial charge >= 0.3 is 6.09 Å². The summed E-state index contributed by atoms with van der Waals surface area (Å²) in [4.78, 5) is 25.7. The highest BCUT2D eigenvalue weighted by atomic mass is 19.1. The highest BCUT2D eigenvalue weighted by Crippen LogP contribution is 2.35. The number of hydrogen-bond acceptors (Lipinski definition) is 9. The van der Waals surface area contributed by atoms with Crippen LogP contribution < -0.4 is 21.5 Å². The average molecular weight is 557 g/mol. The summed E-state index contributed by atoms with van der Waals surface area (Å²) in [6, 6.07) is 17.6. The Morgan fingerprint density at radius 1 is 1.02 bits per heavy atom. The third-order valence-electron chi connectivity index (χ3n) is 6.29. The molecule has 0 unspecified atom stereocenters. The first kappa shape index (κ1) is 27.3. The van der Waals surface area contributed by atoms with Gasteiger partial charge in [0.25, 0.3) is 0 Å². The van der Waals surface area contributed by atoms with Gasteiger partial charge in [0.05, 0.1) is 23.6 Å². The number of carbonyl (C=O) groups excluding carboxylic acids is 1. The van der Waals surface area contributed by atoms with Crippen molar-refractivity contribution in [2.75, 3.05) is 23.4 Å². The number of ether oxygens (including phenoxy) is 2. The number of nitrogen functional groups attached to an aromatic ring is 2. The van der Waals surface area contributed by atoms with E-state index in [0.717, 1.165) is 18.5 Å². The maximum absolute atomic E-state index is 14.4. The highest BCUT2D eigenvalue weighted by molar-refractivity contribution is 5.93. The van der Waals surface area contributed by atoms with E-state index in [0.29, 0.717) is 27.9 Å². The van der Waals surface area contributed by atoms with Gasteiger partial charge in [0.1, 0.15) is 18.1 Å². The lowest BCUT2D eigenvalue weighted by Crippen LogP contribution is -2.18. The minimum absolute atomic E-state index is 0.0335. The zero-order valence-electron chi connectivity index (χ0n) is 22.6. The van der Waals surface area contributed by atoms with Crippen LogP contribution in [0.3, 0.4) is 0 Å². The van der Waals surface area contributed by atoms with Crippen LogP contribution in [0.15, 0.2) is 60.7 Å². The number of halogens is 1. The Morgan fingerprint density at radius 2 is 1.73 bits per heavy atom. The minimum atomic E-state index is -0.714. The van der Waals surface area contributed by atoms with Crippen molar-refractivity contribution in [3.05, 3.63) is 77.7 Å². The van der Waals surface area contributed by atoms with Gasteiger partial charge < -0.3 is 20.9 Å². The first-order valence-electron chi connectivity index (χ1n) is 13.0. The Hall–Kier alpha value is -5.26. The second-order valence-corrected chi connectivity index (χ2v) is 9.23. The molecule has 0 spiro atoms. The molecule has 0 saturated heterocycles. The van der Waals surface area contributed by atoms with E-state index in [9.17, 15) is 9.18 Å². The van der Waals surface area contributed by atoms with Crippen LogP contribution in [-0.2, 0) is 11.3 Å². The average Bonchev–Trinajstić information content (AvgIpc) is 3.29. The Kier molecular flexibility index (Phi) is 7.90. The fourth-order valence-corrected chi connectivity index (χ4v) is 4.14. The van der Waals surface area contributed by atoms with Crippen molar-refractivity contribution in [1.82, 2.24) is 24.7 Å². The maximum atomic E-state index is 14.4. The second-order valence-electron chi connectivity index (χ2n) is 9.23. The SMILES string of the molecule is CCCCOC(=O)Nc1c(N)nc(-c2cc3c(C)nn(-c4ccccc4)c3nc2OCc2ccccc2F)nc1N. The number of nitrogens with two attached hydrogens (primary N) is 2. The van der Waals surface area contributed by atoms with Crippen molar-refractivity contribution in [3.8, 4) is 23.0 Å². The zero-order valence-corrected chi connectivity index (χ0v) is 22.6. The Labute approximate surface area is 235 Å². The van der Waals surface area contributed by atoms with E-state index in [1.165, 1.54) is 6.07 Å². The molecule has 5 aromatic rings. The van der Waals surface area contributed by atoms with Crippen LogP contribution >= 0.6 is 0 Å². The number of aryl methyl sites for hydroxylation is 1. The van der Waals surface area contributed by atoms with E-state index in [4.69, 9.17) is 25.9 Å². The lowest BCUT2D eigenvalue weighted by molar-refractivity contribution is 0.160. The summed E-state index contributed by atoms with van der Waals surface area (Å²) < 4.78 is 27.3. The highest BCUT2D eigenvalue weighted by Gasteiger charge is 2.22. The summed E-state index contributed by atoms with van der Waals surface area (Å²) in [6.07, 6.45) is 0.882. The van der Waals surface area contributed by atoms with Crippen molar-refractivity contribution in [3.63, 3.8) is 0 Å². The monoisotopic (exact) mass is 556 g/mol. The molecule has 3 aromatic heterocycles. The molecule has 5 N–H and O–H groups in total. The van der Waals surface area contributed by atoms with Crippen molar-refractivity contribution >= 4 is 34.4 Å². The number of amides is 1. The molecule has 5 rings (SSSR count). The topological polar surface area (TPSA) is 156 Å². The minimum Gasteiger partial charge on any atom is -0.472 e. The van der Waals surface area contributed by atoms with Gasteiger partial charge in [-0.1, -0.05) is 49.7 Å². The molecule has 0 bridgehead atoms. The summed E-state index contributed by atoms with van der Waals surface area (Å²) in [5.74, 6) is -0.328. The van der Waals surface area contributed by atoms with Gasteiger partial charge in [0, 0.05) is 10.9 Å². The number of nitrogens with zero attached hydrogens (tertiary/aromatic N) is 5. The number of pyridine rings is 1. The number of unbranched alkanes of at least 4 members (excludes halogenated alkanes) is 1. The van der Waals surface area contributed by atoms with Gasteiger partial charge in [-0.05, 0) is 37.6 Å². The molecule has 0 aliphatic heterocycles. The van der Waals surface area contributed by atoms with Gasteiger partial charge in [0.15, 0.2) is 23.1 Å². The molecule has 0 aliphatic carbocycles. The van der Waals surface area contributed by atoms with Gasteiger partial charge in [-0.3, -0.25) is 5.32 Å². The van der Waals surface area contributed by atoms with Crippen molar-refractivity contribution in [2.45, 2.75) is 33.3 Å². The summed E-state index contributed by atoms with van der Waals surface area (Å²) >= 11 is 0. The molecular formula is C29H29FN8O3. The molecule has 12 heteroatoms. The van der Waals surface area contributed by atoms with E-state index < -0.39 is 11.9 Å². The number of anilines is 3. The fraction of sp³-hybridized carbons (Fsp3) is 0.207. The number of nitrogens with one attached hydrogen (secondary N) is 1. The molecule has 0 atom stereocenters. The normalized spacial score (nSPS) is 11.0. The number of aromatic nitrogens is 5. The summed E-state index contributed by atoms with van der Waals surface area (Å²) in [5, 5.41) is 7.89. The van der Waals surface area contributed by atoms with Crippen LogP contribution in [0.25, 0.3) is 28.1 Å². The molecule has 3 heterocycles. The van der Waals surface area contributed by atoms with E-state index in [-0.39, 0.29) is 42.2 Å². The molecular weight excluding hydrogens is 527 g/mol. The molecule has 2 aromatic carbocycles. The predicted octanol–water partition coefficient (Wildman–Crippen LogP) is 5.42. The molecule has 0 saturated carbocycles. The summed E-state index contributed by atoms with van der Waals surface area (Å²) in [5.41, 5.74) is 15.1. The Balaban J connectivity index is 1.58. The van der Waals surface area contributed by atoms with E-state index in [2.05, 4.69) is 20.4 Å². The van der Waals surface area contributed by atoms with Crippen molar-refractivity contribution < 1.29 is 18.7 Å². The second kappa shape index (κ2) is 11.9. The number of para-hydroxylation sites is 1. The lowest BCUT2D eigenvalue weighted by Gasteiger charge is -2.14. The quantitative estimate of drug-likeness (QED) is 0.202. The van der Waals surface area contributed by atoms with Crippen LogP contribution in [-0.4, -0.2) is 37.4 Å². The van der Waals surface area contributed by atoms with Crippen molar-refractivity contribution in [2.24, 2.45) is 0 Å². The van der Waals surface area contributed by atoms with Crippen LogP contribution in [0.5, 0.6) is 5.88 Å². The molecule has 0 fully saturated rings. The number of fused-ring (bicyclic) bond motifs is 1. The lowest BCUT2D eigenvalue weighted by atomic mass is 10.1. The van der Waals surface area contributed by atoms with E-state index >= 15 is 0 Å². The Bertz CT molecular complexity index is 1680. The standard InChI is InChI=1S/C29H29FN8O3/c1-3-4-14-40-29(39)33-23-24(31)34-26(35-25(23)32)21-15-20-17(2)37-38(19-11-6-5-7-12-19)27(20)36-28(21)41-16-18-10-8-9-13-22(18)30/h5-13,15H,3-4,14,16H2,1-2H3,(H,33,39)(H4,31,32,34,35). The molecule has 1 amide bonds. The van der Waals surface area contributed by atoms with E-state index in [1.807, 2.05) is 44.2 Å². The summed E-state index contributed by atoms with van der Waals surface area (Å²) in [6.45, 7) is 3.99. The first-order chi connectivity index (χ1) is 19.9. The zero-order chi connectivity index (χ0) is 28.9. The molecule has 41 heavy (non-hydrogen) atoms. The van der Waals surface area contributed by atoms with Crippen LogP contribution in [0.4, 0.5) is 26.5 Å². The third-order valence-corrected chi connectivity index (χ3v) is 6.29. The van der Waals surface area contributed by atoms with Gasteiger partial charge in [-0.15, -0.1) is 0 Å². The van der Waals surface area contributed by atoms with E-state index in [1.54, 1.807) is 28.9 Å². The maximum Gasteiger partial charge on any atom is 0.411 e. The van der Waals surface area contributed by atoms with Crippen LogP contribution in [0, 0.1) is 12.7 Å². The molecule has 0 radical (unpaired) electrons. The number of rotatable bonds is 9. The van der Waals surface area contributed by atoms with Gasteiger partial charge in [-0.25, -0.2) is 23.8 Å².